The summed E-state index contributed by atoms with van der Waals surface area (Å²) in [6.07, 6.45) is 3.69. The van der Waals surface area contributed by atoms with Crippen molar-refractivity contribution in [2.75, 3.05) is 37.6 Å². The first-order chi connectivity index (χ1) is 9.84. The van der Waals surface area contributed by atoms with E-state index in [2.05, 4.69) is 40.9 Å². The first kappa shape index (κ1) is 13.4. The molecule has 0 atom stereocenters. The Morgan fingerprint density at radius 1 is 1.10 bits per heavy atom. The summed E-state index contributed by atoms with van der Waals surface area (Å²) in [6, 6.07) is 8.50. The number of hydrogen-bond donors (Lipinski definition) is 1. The summed E-state index contributed by atoms with van der Waals surface area (Å²) >= 11 is 0. The Kier molecular flexibility index (Phi) is 4.21. The standard InChI is InChI=1S/C16H22N3O/c20-16-7-3-4-10-19(16)13-14-5-1-2-6-15(14)18-11-8-17-9-12-18/h1-3,5-6,17H,4,7-13H2. The molecule has 2 heterocycles. The topological polar surface area (TPSA) is 35.6 Å². The molecule has 1 aromatic rings. The lowest BCUT2D eigenvalue weighted by Gasteiger charge is -2.33. The lowest BCUT2D eigenvalue weighted by Crippen LogP contribution is -2.44. The van der Waals surface area contributed by atoms with Crippen LogP contribution in [0.1, 0.15) is 18.4 Å². The summed E-state index contributed by atoms with van der Waals surface area (Å²) in [5.74, 6) is 0.256. The molecule has 0 aliphatic carbocycles. The molecule has 2 aliphatic heterocycles. The Hall–Kier alpha value is -1.55. The monoisotopic (exact) mass is 272 g/mol. The predicted octanol–water partition coefficient (Wildman–Crippen LogP) is 1.42. The summed E-state index contributed by atoms with van der Waals surface area (Å²) in [5.41, 5.74) is 2.56. The molecular weight excluding hydrogens is 250 g/mol. The van der Waals surface area contributed by atoms with E-state index in [1.807, 2.05) is 4.90 Å². The van der Waals surface area contributed by atoms with Gasteiger partial charge in [0.1, 0.15) is 0 Å². The molecule has 107 valence electrons. The molecule has 0 saturated carbocycles. The van der Waals surface area contributed by atoms with E-state index in [1.54, 1.807) is 0 Å². The highest BCUT2D eigenvalue weighted by Gasteiger charge is 2.20. The van der Waals surface area contributed by atoms with Crippen LogP contribution in [0, 0.1) is 6.42 Å². The van der Waals surface area contributed by atoms with Crippen LogP contribution in [0.2, 0.25) is 0 Å². The van der Waals surface area contributed by atoms with Gasteiger partial charge in [-0.2, -0.15) is 0 Å². The van der Waals surface area contributed by atoms with E-state index in [4.69, 9.17) is 0 Å². The van der Waals surface area contributed by atoms with Gasteiger partial charge >= 0.3 is 0 Å². The summed E-state index contributed by atoms with van der Waals surface area (Å²) in [5, 5.41) is 3.38. The third-order valence-electron chi connectivity index (χ3n) is 4.09. The number of piperazine rings is 1. The molecule has 1 radical (unpaired) electrons. The fraction of sp³-hybridized carbons (Fsp3) is 0.500. The number of piperidine rings is 1. The summed E-state index contributed by atoms with van der Waals surface area (Å²) in [4.78, 5) is 16.4. The van der Waals surface area contributed by atoms with Gasteiger partial charge in [-0.1, -0.05) is 18.2 Å². The molecule has 4 nitrogen and oxygen atoms in total. The average molecular weight is 272 g/mol. The highest BCUT2D eigenvalue weighted by molar-refractivity contribution is 5.78. The Bertz CT molecular complexity index is 469. The second-order valence-corrected chi connectivity index (χ2v) is 5.46. The largest absolute Gasteiger partial charge is 0.369 e. The van der Waals surface area contributed by atoms with Crippen LogP contribution in [-0.4, -0.2) is 43.5 Å². The number of nitrogens with one attached hydrogen (secondary N) is 1. The quantitative estimate of drug-likeness (QED) is 0.904. The molecule has 1 amide bonds. The molecule has 1 N–H and O–H groups in total. The zero-order chi connectivity index (χ0) is 13.8. The molecule has 4 heteroatoms. The van der Waals surface area contributed by atoms with E-state index < -0.39 is 0 Å². The van der Waals surface area contributed by atoms with Gasteiger partial charge in [0.2, 0.25) is 5.91 Å². The van der Waals surface area contributed by atoms with Crippen molar-refractivity contribution in [3.63, 3.8) is 0 Å². The number of anilines is 1. The fourth-order valence-electron chi connectivity index (χ4n) is 2.96. The molecule has 0 aromatic heterocycles. The third-order valence-corrected chi connectivity index (χ3v) is 4.09. The fourth-order valence-corrected chi connectivity index (χ4v) is 2.96. The number of amides is 1. The van der Waals surface area contributed by atoms with Gasteiger partial charge in [-0.15, -0.1) is 0 Å². The smallest absolute Gasteiger partial charge is 0.223 e. The maximum atomic E-state index is 12.0. The van der Waals surface area contributed by atoms with Crippen molar-refractivity contribution >= 4 is 11.6 Å². The Morgan fingerprint density at radius 2 is 1.90 bits per heavy atom. The van der Waals surface area contributed by atoms with E-state index >= 15 is 0 Å². The SMILES string of the molecule is O=C1C[CH]CCN1Cc1ccccc1N1CCNCC1. The van der Waals surface area contributed by atoms with Gasteiger partial charge in [0.15, 0.2) is 0 Å². The van der Waals surface area contributed by atoms with Gasteiger partial charge in [-0.05, 0) is 24.5 Å². The Morgan fingerprint density at radius 3 is 2.70 bits per heavy atom. The third kappa shape index (κ3) is 2.96. The van der Waals surface area contributed by atoms with Gasteiger partial charge in [0, 0.05) is 51.4 Å². The molecular formula is C16H22N3O. The Balaban J connectivity index is 1.76. The van der Waals surface area contributed by atoms with Crippen molar-refractivity contribution in [3.8, 4) is 0 Å². The lowest BCUT2D eigenvalue weighted by atomic mass is 10.1. The molecule has 0 bridgehead atoms. The molecule has 3 rings (SSSR count). The summed E-state index contributed by atoms with van der Waals surface area (Å²) in [6.45, 7) is 5.75. The zero-order valence-electron chi connectivity index (χ0n) is 11.8. The van der Waals surface area contributed by atoms with E-state index in [0.717, 1.165) is 45.7 Å². The number of para-hydroxylation sites is 1. The molecule has 1 aromatic carbocycles. The van der Waals surface area contributed by atoms with Crippen LogP contribution < -0.4 is 10.2 Å². The summed E-state index contributed by atoms with van der Waals surface area (Å²) < 4.78 is 0. The van der Waals surface area contributed by atoms with Crippen LogP contribution in [-0.2, 0) is 11.3 Å². The van der Waals surface area contributed by atoms with Crippen LogP contribution in [0.4, 0.5) is 5.69 Å². The zero-order valence-corrected chi connectivity index (χ0v) is 11.8. The first-order valence-corrected chi connectivity index (χ1v) is 7.47. The van der Waals surface area contributed by atoms with Crippen molar-refractivity contribution in [1.82, 2.24) is 10.2 Å². The predicted molar refractivity (Wildman–Crippen MR) is 80.5 cm³/mol. The lowest BCUT2D eigenvalue weighted by molar-refractivity contribution is -0.132. The minimum atomic E-state index is 0.256. The van der Waals surface area contributed by atoms with Crippen molar-refractivity contribution in [1.29, 1.82) is 0 Å². The maximum Gasteiger partial charge on any atom is 0.223 e. The van der Waals surface area contributed by atoms with Crippen LogP contribution in [0.25, 0.3) is 0 Å². The van der Waals surface area contributed by atoms with Gasteiger partial charge in [0.05, 0.1) is 0 Å². The number of likely N-dealkylation sites (tertiary alicyclic amines) is 1. The van der Waals surface area contributed by atoms with Gasteiger partial charge in [-0.3, -0.25) is 4.79 Å². The van der Waals surface area contributed by atoms with Crippen LogP contribution >= 0.6 is 0 Å². The number of carbonyl (C=O) groups is 1. The number of nitrogens with zero attached hydrogens (tertiary/aromatic N) is 2. The number of benzene rings is 1. The second kappa shape index (κ2) is 6.27. The van der Waals surface area contributed by atoms with E-state index in [-0.39, 0.29) is 5.91 Å². The molecule has 0 spiro atoms. The minimum absolute atomic E-state index is 0.256. The van der Waals surface area contributed by atoms with Crippen molar-refractivity contribution in [2.24, 2.45) is 0 Å². The van der Waals surface area contributed by atoms with Crippen molar-refractivity contribution in [2.45, 2.75) is 19.4 Å². The molecule has 0 unspecified atom stereocenters. The van der Waals surface area contributed by atoms with Crippen molar-refractivity contribution < 1.29 is 4.79 Å². The van der Waals surface area contributed by atoms with Crippen LogP contribution in [0.5, 0.6) is 0 Å². The average Bonchev–Trinajstić information content (AvgIpc) is 2.51. The maximum absolute atomic E-state index is 12.0. The number of carbonyl (C=O) groups excluding carboxylic acids is 1. The normalized spacial score (nSPS) is 20.3. The first-order valence-electron chi connectivity index (χ1n) is 7.47. The minimum Gasteiger partial charge on any atom is -0.369 e. The summed E-state index contributed by atoms with van der Waals surface area (Å²) in [7, 11) is 0. The second-order valence-electron chi connectivity index (χ2n) is 5.46. The highest BCUT2D eigenvalue weighted by atomic mass is 16.2. The van der Waals surface area contributed by atoms with Gasteiger partial charge in [0.25, 0.3) is 0 Å². The van der Waals surface area contributed by atoms with Gasteiger partial charge in [-0.25, -0.2) is 0 Å². The number of hydrogen-bond acceptors (Lipinski definition) is 3. The van der Waals surface area contributed by atoms with E-state index in [0.29, 0.717) is 6.42 Å². The van der Waals surface area contributed by atoms with Crippen molar-refractivity contribution in [3.05, 3.63) is 36.2 Å². The van der Waals surface area contributed by atoms with E-state index in [1.165, 1.54) is 11.3 Å². The molecule has 2 fully saturated rings. The van der Waals surface area contributed by atoms with E-state index in [9.17, 15) is 4.79 Å². The highest BCUT2D eigenvalue weighted by Crippen LogP contribution is 2.24. The molecule has 2 aliphatic rings. The number of rotatable bonds is 3. The van der Waals surface area contributed by atoms with Crippen LogP contribution in [0.15, 0.2) is 24.3 Å². The van der Waals surface area contributed by atoms with Gasteiger partial charge < -0.3 is 15.1 Å². The van der Waals surface area contributed by atoms with Crippen LogP contribution in [0.3, 0.4) is 0 Å². The Labute approximate surface area is 120 Å². The molecule has 20 heavy (non-hydrogen) atoms. The molecule has 2 saturated heterocycles.